The van der Waals surface area contributed by atoms with Gasteiger partial charge < -0.3 is 14.5 Å². The van der Waals surface area contributed by atoms with Crippen LogP contribution in [-0.4, -0.2) is 12.0 Å². The summed E-state index contributed by atoms with van der Waals surface area (Å²) in [5.74, 6) is 2.46. The topological polar surface area (TPSA) is 47.3 Å². The van der Waals surface area contributed by atoms with Crippen LogP contribution in [0.2, 0.25) is 0 Å². The maximum absolute atomic E-state index is 5.62. The van der Waals surface area contributed by atoms with Crippen LogP contribution in [0.25, 0.3) is 0 Å². The number of aromatic nitrogens is 1. The molecule has 0 bridgehead atoms. The molecule has 0 unspecified atom stereocenters. The highest BCUT2D eigenvalue weighted by Gasteiger charge is 2.07. The maximum Gasteiger partial charge on any atom is 0.146 e. The number of ether oxygens (including phenoxy) is 1. The summed E-state index contributed by atoms with van der Waals surface area (Å²) in [6, 6.07) is 3.88. The third-order valence-corrected chi connectivity index (χ3v) is 2.93. The van der Waals surface area contributed by atoms with Crippen molar-refractivity contribution < 1.29 is 9.15 Å². The van der Waals surface area contributed by atoms with Crippen LogP contribution in [0.1, 0.15) is 17.1 Å². The zero-order valence-electron chi connectivity index (χ0n) is 10.4. The summed E-state index contributed by atoms with van der Waals surface area (Å²) in [6.45, 7) is 3.16. The average Bonchev–Trinajstić information content (AvgIpc) is 2.69. The Morgan fingerprint density at radius 1 is 1.39 bits per heavy atom. The minimum absolute atomic E-state index is 0.405. The van der Waals surface area contributed by atoms with Gasteiger partial charge in [0.15, 0.2) is 0 Å². The Kier molecular flexibility index (Phi) is 4.38. The standard InChI is InChI=1S/C13H15BrN2O2/c1-9-10(5-15-2)3-13(18-9)8-17-12-4-11(14)6-16-7-12/h3-4,6-7,15H,5,8H2,1-2H3. The van der Waals surface area contributed by atoms with Crippen molar-refractivity contribution in [3.63, 3.8) is 0 Å². The van der Waals surface area contributed by atoms with Crippen LogP contribution in [0.5, 0.6) is 5.75 Å². The van der Waals surface area contributed by atoms with Crippen molar-refractivity contribution >= 4 is 15.9 Å². The molecule has 0 aliphatic heterocycles. The molecule has 2 rings (SSSR count). The molecule has 0 amide bonds. The highest BCUT2D eigenvalue weighted by Crippen LogP contribution is 2.19. The molecule has 0 aliphatic carbocycles. The van der Waals surface area contributed by atoms with E-state index in [1.54, 1.807) is 12.4 Å². The maximum atomic E-state index is 5.62. The molecular formula is C13H15BrN2O2. The lowest BCUT2D eigenvalue weighted by molar-refractivity contribution is 0.266. The number of halogens is 1. The Bertz CT molecular complexity index is 525. The van der Waals surface area contributed by atoms with Crippen LogP contribution >= 0.6 is 15.9 Å². The minimum atomic E-state index is 0.405. The van der Waals surface area contributed by atoms with Gasteiger partial charge in [-0.25, -0.2) is 0 Å². The molecule has 0 atom stereocenters. The lowest BCUT2D eigenvalue weighted by atomic mass is 10.2. The van der Waals surface area contributed by atoms with Crippen LogP contribution in [0.3, 0.4) is 0 Å². The molecule has 0 aliphatic rings. The van der Waals surface area contributed by atoms with E-state index < -0.39 is 0 Å². The highest BCUT2D eigenvalue weighted by molar-refractivity contribution is 9.10. The number of nitrogens with one attached hydrogen (secondary N) is 1. The Morgan fingerprint density at radius 3 is 2.94 bits per heavy atom. The van der Waals surface area contributed by atoms with E-state index in [-0.39, 0.29) is 0 Å². The van der Waals surface area contributed by atoms with Crippen molar-refractivity contribution in [3.8, 4) is 5.75 Å². The SMILES string of the molecule is CNCc1cc(COc2cncc(Br)c2)oc1C. The lowest BCUT2D eigenvalue weighted by Crippen LogP contribution is -2.04. The number of furan rings is 1. The first-order chi connectivity index (χ1) is 8.69. The zero-order chi connectivity index (χ0) is 13.0. The molecule has 0 saturated heterocycles. The van der Waals surface area contributed by atoms with Crippen LogP contribution in [0, 0.1) is 6.92 Å². The fraction of sp³-hybridized carbons (Fsp3) is 0.308. The van der Waals surface area contributed by atoms with Gasteiger partial charge in [-0.2, -0.15) is 0 Å². The molecular weight excluding hydrogens is 296 g/mol. The lowest BCUT2D eigenvalue weighted by Gasteiger charge is -2.03. The van der Waals surface area contributed by atoms with Gasteiger partial charge in [0.1, 0.15) is 23.9 Å². The molecule has 2 aromatic rings. The van der Waals surface area contributed by atoms with E-state index in [9.17, 15) is 0 Å². The van der Waals surface area contributed by atoms with E-state index in [0.29, 0.717) is 12.4 Å². The van der Waals surface area contributed by atoms with Gasteiger partial charge in [0.2, 0.25) is 0 Å². The summed E-state index contributed by atoms with van der Waals surface area (Å²) in [5, 5.41) is 3.10. The fourth-order valence-electron chi connectivity index (χ4n) is 1.65. The van der Waals surface area contributed by atoms with Gasteiger partial charge in [-0.3, -0.25) is 4.98 Å². The van der Waals surface area contributed by atoms with Gasteiger partial charge in [-0.05, 0) is 42.0 Å². The van der Waals surface area contributed by atoms with Gasteiger partial charge >= 0.3 is 0 Å². The number of pyridine rings is 1. The third kappa shape index (κ3) is 3.34. The molecule has 18 heavy (non-hydrogen) atoms. The van der Waals surface area contributed by atoms with Gasteiger partial charge in [-0.15, -0.1) is 0 Å². The molecule has 0 radical (unpaired) electrons. The molecule has 2 heterocycles. The summed E-state index contributed by atoms with van der Waals surface area (Å²) in [4.78, 5) is 4.04. The Labute approximate surface area is 114 Å². The number of hydrogen-bond donors (Lipinski definition) is 1. The second-order valence-electron chi connectivity index (χ2n) is 3.95. The molecule has 2 aromatic heterocycles. The molecule has 0 spiro atoms. The monoisotopic (exact) mass is 310 g/mol. The first-order valence-corrected chi connectivity index (χ1v) is 6.44. The molecule has 0 aromatic carbocycles. The largest absolute Gasteiger partial charge is 0.484 e. The summed E-state index contributed by atoms with van der Waals surface area (Å²) in [7, 11) is 1.91. The molecule has 5 heteroatoms. The predicted molar refractivity (Wildman–Crippen MR) is 72.5 cm³/mol. The molecule has 4 nitrogen and oxygen atoms in total. The normalized spacial score (nSPS) is 10.6. The van der Waals surface area contributed by atoms with E-state index in [4.69, 9.17) is 9.15 Å². The van der Waals surface area contributed by atoms with Crippen LogP contribution in [-0.2, 0) is 13.2 Å². The average molecular weight is 311 g/mol. The van der Waals surface area contributed by atoms with Crippen molar-refractivity contribution in [2.75, 3.05) is 7.05 Å². The summed E-state index contributed by atoms with van der Waals surface area (Å²) in [5.41, 5.74) is 1.16. The van der Waals surface area contributed by atoms with Crippen molar-refractivity contribution in [3.05, 3.63) is 46.1 Å². The second-order valence-corrected chi connectivity index (χ2v) is 4.87. The van der Waals surface area contributed by atoms with Gasteiger partial charge in [0.05, 0.1) is 6.20 Å². The van der Waals surface area contributed by atoms with E-state index >= 15 is 0 Å². The van der Waals surface area contributed by atoms with E-state index in [1.165, 1.54) is 0 Å². The highest BCUT2D eigenvalue weighted by atomic mass is 79.9. The van der Waals surface area contributed by atoms with Crippen molar-refractivity contribution in [1.29, 1.82) is 0 Å². The smallest absolute Gasteiger partial charge is 0.146 e. The van der Waals surface area contributed by atoms with Gasteiger partial charge in [0, 0.05) is 22.8 Å². The summed E-state index contributed by atoms with van der Waals surface area (Å²) in [6.07, 6.45) is 3.39. The van der Waals surface area contributed by atoms with E-state index in [0.717, 1.165) is 28.1 Å². The Hall–Kier alpha value is -1.33. The number of nitrogens with zero attached hydrogens (tertiary/aromatic N) is 1. The van der Waals surface area contributed by atoms with E-state index in [2.05, 4.69) is 26.2 Å². The molecule has 1 N–H and O–H groups in total. The Balaban J connectivity index is 2.00. The fourth-order valence-corrected chi connectivity index (χ4v) is 1.99. The van der Waals surface area contributed by atoms with Gasteiger partial charge in [-0.1, -0.05) is 0 Å². The zero-order valence-corrected chi connectivity index (χ0v) is 12.0. The summed E-state index contributed by atoms with van der Waals surface area (Å²) < 4.78 is 12.1. The van der Waals surface area contributed by atoms with Crippen LogP contribution in [0.15, 0.2) is 33.4 Å². The third-order valence-electron chi connectivity index (χ3n) is 2.50. The predicted octanol–water partition coefficient (Wildman–Crippen LogP) is 3.04. The number of hydrogen-bond acceptors (Lipinski definition) is 4. The first-order valence-electron chi connectivity index (χ1n) is 5.65. The van der Waals surface area contributed by atoms with Crippen LogP contribution < -0.4 is 10.1 Å². The Morgan fingerprint density at radius 2 is 2.22 bits per heavy atom. The second kappa shape index (κ2) is 6.02. The van der Waals surface area contributed by atoms with E-state index in [1.807, 2.05) is 26.1 Å². The van der Waals surface area contributed by atoms with Crippen molar-refractivity contribution in [1.82, 2.24) is 10.3 Å². The van der Waals surface area contributed by atoms with Crippen molar-refractivity contribution in [2.24, 2.45) is 0 Å². The van der Waals surface area contributed by atoms with Gasteiger partial charge in [0.25, 0.3) is 0 Å². The minimum Gasteiger partial charge on any atom is -0.484 e. The summed E-state index contributed by atoms with van der Waals surface area (Å²) >= 11 is 3.35. The quantitative estimate of drug-likeness (QED) is 0.922. The first kappa shape index (κ1) is 13.1. The molecule has 0 saturated carbocycles. The number of aryl methyl sites for hydroxylation is 1. The van der Waals surface area contributed by atoms with Crippen LogP contribution in [0.4, 0.5) is 0 Å². The molecule has 96 valence electrons. The number of rotatable bonds is 5. The van der Waals surface area contributed by atoms with Crippen molar-refractivity contribution in [2.45, 2.75) is 20.1 Å². The molecule has 0 fully saturated rings.